The number of nitrogens with one attached hydrogen (secondary N) is 1. The minimum absolute atomic E-state index is 0.132. The molecule has 0 radical (unpaired) electrons. The van der Waals surface area contributed by atoms with Gasteiger partial charge in [0.2, 0.25) is 0 Å². The zero-order valence-corrected chi connectivity index (χ0v) is 11.0. The van der Waals surface area contributed by atoms with E-state index in [1.165, 1.54) is 9.75 Å². The molecule has 0 aromatic carbocycles. The second-order valence-corrected chi connectivity index (χ2v) is 5.35. The molecule has 0 amide bonds. The summed E-state index contributed by atoms with van der Waals surface area (Å²) in [7, 11) is 1.91. The van der Waals surface area contributed by atoms with Gasteiger partial charge in [0.15, 0.2) is 0 Å². The lowest BCUT2D eigenvalue weighted by atomic mass is 10.1. The van der Waals surface area contributed by atoms with Gasteiger partial charge in [-0.05, 0) is 18.6 Å². The SMILES string of the molecule is CCc1ccc(CC(NN)c2cnn(C)c2)s1. The second kappa shape index (κ2) is 5.44. The highest BCUT2D eigenvalue weighted by Crippen LogP contribution is 2.23. The minimum atomic E-state index is 0.132. The molecule has 0 saturated heterocycles. The Morgan fingerprint density at radius 1 is 1.47 bits per heavy atom. The molecule has 0 bridgehead atoms. The van der Waals surface area contributed by atoms with Gasteiger partial charge in [0.1, 0.15) is 0 Å². The third kappa shape index (κ3) is 2.94. The fraction of sp³-hybridized carbons (Fsp3) is 0.417. The minimum Gasteiger partial charge on any atom is -0.275 e. The first-order valence-electron chi connectivity index (χ1n) is 5.75. The number of aromatic nitrogens is 2. The average molecular weight is 250 g/mol. The quantitative estimate of drug-likeness (QED) is 0.628. The Balaban J connectivity index is 2.09. The van der Waals surface area contributed by atoms with Crippen molar-refractivity contribution in [3.8, 4) is 0 Å². The lowest BCUT2D eigenvalue weighted by molar-refractivity contribution is 0.555. The average Bonchev–Trinajstić information content (AvgIpc) is 2.94. The van der Waals surface area contributed by atoms with Crippen molar-refractivity contribution in [1.82, 2.24) is 15.2 Å². The maximum absolute atomic E-state index is 5.62. The number of nitrogens with zero attached hydrogens (tertiary/aromatic N) is 2. The van der Waals surface area contributed by atoms with Gasteiger partial charge < -0.3 is 0 Å². The molecule has 1 atom stereocenters. The topological polar surface area (TPSA) is 55.9 Å². The van der Waals surface area contributed by atoms with E-state index < -0.39 is 0 Å². The molecule has 5 heteroatoms. The Morgan fingerprint density at radius 3 is 2.76 bits per heavy atom. The lowest BCUT2D eigenvalue weighted by Gasteiger charge is -2.12. The molecular weight excluding hydrogens is 232 g/mol. The molecule has 0 aliphatic carbocycles. The van der Waals surface area contributed by atoms with Crippen LogP contribution in [0, 0.1) is 0 Å². The van der Waals surface area contributed by atoms with Gasteiger partial charge in [-0.2, -0.15) is 5.10 Å². The molecule has 4 nitrogen and oxygen atoms in total. The number of hydrazine groups is 1. The summed E-state index contributed by atoms with van der Waals surface area (Å²) in [6.07, 6.45) is 5.86. The van der Waals surface area contributed by atoms with Crippen LogP contribution in [-0.2, 0) is 19.9 Å². The Hall–Kier alpha value is -1.17. The second-order valence-electron chi connectivity index (χ2n) is 4.09. The van der Waals surface area contributed by atoms with Crippen molar-refractivity contribution in [1.29, 1.82) is 0 Å². The van der Waals surface area contributed by atoms with Crippen LogP contribution in [0.5, 0.6) is 0 Å². The van der Waals surface area contributed by atoms with Crippen molar-refractivity contribution >= 4 is 11.3 Å². The van der Waals surface area contributed by atoms with Gasteiger partial charge >= 0.3 is 0 Å². The molecule has 2 rings (SSSR count). The molecule has 0 aliphatic heterocycles. The number of hydrogen-bond donors (Lipinski definition) is 2. The summed E-state index contributed by atoms with van der Waals surface area (Å²) in [4.78, 5) is 2.77. The molecular formula is C12H18N4S. The van der Waals surface area contributed by atoms with E-state index in [0.717, 1.165) is 18.4 Å². The number of hydrogen-bond acceptors (Lipinski definition) is 4. The molecule has 1 unspecified atom stereocenters. The number of thiophene rings is 1. The van der Waals surface area contributed by atoms with Crippen LogP contribution in [0.1, 0.15) is 28.3 Å². The van der Waals surface area contributed by atoms with Crippen molar-refractivity contribution in [3.05, 3.63) is 39.8 Å². The first kappa shape index (κ1) is 12.3. The summed E-state index contributed by atoms with van der Waals surface area (Å²) in [6, 6.07) is 4.51. The van der Waals surface area contributed by atoms with E-state index in [4.69, 9.17) is 5.84 Å². The predicted octanol–water partition coefficient (Wildman–Crippen LogP) is 1.79. The van der Waals surface area contributed by atoms with Gasteiger partial charge in [0.25, 0.3) is 0 Å². The molecule has 3 N–H and O–H groups in total. The monoisotopic (exact) mass is 250 g/mol. The molecule has 0 saturated carbocycles. The van der Waals surface area contributed by atoms with E-state index in [2.05, 4.69) is 29.6 Å². The van der Waals surface area contributed by atoms with Gasteiger partial charge in [-0.1, -0.05) is 6.92 Å². The Kier molecular flexibility index (Phi) is 3.93. The van der Waals surface area contributed by atoms with Crippen molar-refractivity contribution in [2.24, 2.45) is 12.9 Å². The molecule has 92 valence electrons. The van der Waals surface area contributed by atoms with Crippen LogP contribution in [0.3, 0.4) is 0 Å². The van der Waals surface area contributed by atoms with Crippen LogP contribution in [0.2, 0.25) is 0 Å². The van der Waals surface area contributed by atoms with E-state index in [1.54, 1.807) is 4.68 Å². The largest absolute Gasteiger partial charge is 0.275 e. The summed E-state index contributed by atoms with van der Waals surface area (Å²) in [6.45, 7) is 2.18. The van der Waals surface area contributed by atoms with Crippen LogP contribution >= 0.6 is 11.3 Å². The normalized spacial score (nSPS) is 12.9. The molecule has 2 heterocycles. The summed E-state index contributed by atoms with van der Waals surface area (Å²) in [5.74, 6) is 5.62. The highest BCUT2D eigenvalue weighted by molar-refractivity contribution is 7.11. The molecule has 2 aromatic rings. The van der Waals surface area contributed by atoms with E-state index >= 15 is 0 Å². The smallest absolute Gasteiger partial charge is 0.0539 e. The van der Waals surface area contributed by atoms with Gasteiger partial charge in [-0.3, -0.25) is 16.0 Å². The van der Waals surface area contributed by atoms with Gasteiger partial charge in [0, 0.05) is 35.0 Å². The number of aryl methyl sites for hydroxylation is 2. The summed E-state index contributed by atoms with van der Waals surface area (Å²) in [5, 5.41) is 4.17. The molecule has 2 aromatic heterocycles. The molecule has 0 fully saturated rings. The molecule has 17 heavy (non-hydrogen) atoms. The standard InChI is InChI=1S/C12H18N4S/c1-3-10-4-5-11(17-10)6-12(15-13)9-7-14-16(2)8-9/h4-5,7-8,12,15H,3,6,13H2,1-2H3. The van der Waals surface area contributed by atoms with Crippen molar-refractivity contribution in [2.45, 2.75) is 25.8 Å². The first-order chi connectivity index (χ1) is 8.22. The maximum atomic E-state index is 5.62. The Morgan fingerprint density at radius 2 is 2.24 bits per heavy atom. The Bertz CT molecular complexity index is 474. The van der Waals surface area contributed by atoms with Crippen LogP contribution < -0.4 is 11.3 Å². The van der Waals surface area contributed by atoms with Crippen LogP contribution in [0.4, 0.5) is 0 Å². The van der Waals surface area contributed by atoms with Gasteiger partial charge in [-0.25, -0.2) is 0 Å². The van der Waals surface area contributed by atoms with Gasteiger partial charge in [-0.15, -0.1) is 11.3 Å². The zero-order chi connectivity index (χ0) is 12.3. The molecule has 0 aliphatic rings. The third-order valence-corrected chi connectivity index (χ3v) is 4.05. The Labute approximate surface area is 105 Å². The van der Waals surface area contributed by atoms with E-state index in [9.17, 15) is 0 Å². The highest BCUT2D eigenvalue weighted by Gasteiger charge is 2.13. The van der Waals surface area contributed by atoms with Crippen molar-refractivity contribution in [3.63, 3.8) is 0 Å². The molecule has 0 spiro atoms. The fourth-order valence-electron chi connectivity index (χ4n) is 1.82. The predicted molar refractivity (Wildman–Crippen MR) is 70.7 cm³/mol. The number of nitrogens with two attached hydrogens (primary N) is 1. The van der Waals surface area contributed by atoms with Crippen molar-refractivity contribution < 1.29 is 0 Å². The third-order valence-electron chi connectivity index (χ3n) is 2.80. The van der Waals surface area contributed by atoms with E-state index in [-0.39, 0.29) is 6.04 Å². The number of rotatable bonds is 5. The fourth-order valence-corrected chi connectivity index (χ4v) is 2.82. The van der Waals surface area contributed by atoms with Crippen LogP contribution in [0.15, 0.2) is 24.5 Å². The van der Waals surface area contributed by atoms with Crippen LogP contribution in [-0.4, -0.2) is 9.78 Å². The van der Waals surface area contributed by atoms with E-state index in [0.29, 0.717) is 0 Å². The summed E-state index contributed by atoms with van der Waals surface area (Å²) in [5.41, 5.74) is 3.99. The van der Waals surface area contributed by atoms with Crippen molar-refractivity contribution in [2.75, 3.05) is 0 Å². The van der Waals surface area contributed by atoms with Crippen LogP contribution in [0.25, 0.3) is 0 Å². The highest BCUT2D eigenvalue weighted by atomic mass is 32.1. The lowest BCUT2D eigenvalue weighted by Crippen LogP contribution is -2.29. The maximum Gasteiger partial charge on any atom is 0.0539 e. The summed E-state index contributed by atoms with van der Waals surface area (Å²) < 4.78 is 1.80. The first-order valence-corrected chi connectivity index (χ1v) is 6.56. The summed E-state index contributed by atoms with van der Waals surface area (Å²) >= 11 is 1.86. The van der Waals surface area contributed by atoms with Gasteiger partial charge in [0.05, 0.1) is 12.2 Å². The zero-order valence-electron chi connectivity index (χ0n) is 10.2. The van der Waals surface area contributed by atoms with E-state index in [1.807, 2.05) is 30.8 Å².